The topological polar surface area (TPSA) is 46.3 Å². The largest absolute Gasteiger partial charge is 0.339 e. The van der Waals surface area contributed by atoms with Crippen molar-refractivity contribution in [3.63, 3.8) is 0 Å². The molecule has 0 spiro atoms. The molecule has 0 radical (unpaired) electrons. The lowest BCUT2D eigenvalue weighted by atomic mass is 9.98. The van der Waals surface area contributed by atoms with Crippen LogP contribution in [0.4, 0.5) is 0 Å². The van der Waals surface area contributed by atoms with Crippen LogP contribution in [0.5, 0.6) is 0 Å². The lowest BCUT2D eigenvalue weighted by molar-refractivity contribution is -0.133. The minimum atomic E-state index is -0.323. The molecule has 1 aliphatic rings. The molecule has 0 saturated carbocycles. The first-order valence-electron chi connectivity index (χ1n) is 6.63. The summed E-state index contributed by atoms with van der Waals surface area (Å²) in [5, 5.41) is 0.567. The quantitative estimate of drug-likeness (QED) is 0.838. The molecule has 1 heterocycles. The predicted molar refractivity (Wildman–Crippen MR) is 75.1 cm³/mol. The first kappa shape index (κ1) is 14.8. The summed E-state index contributed by atoms with van der Waals surface area (Å²) in [6, 6.07) is -0.323. The molecule has 3 unspecified atom stereocenters. The maximum absolute atomic E-state index is 12.3. The van der Waals surface area contributed by atoms with Gasteiger partial charge in [-0.1, -0.05) is 34.1 Å². The third-order valence-corrected chi connectivity index (χ3v) is 5.23. The molecule has 100 valence electrons. The fraction of sp³-hybridized carbons (Fsp3) is 0.923. The van der Waals surface area contributed by atoms with Gasteiger partial charge in [-0.2, -0.15) is 11.8 Å². The summed E-state index contributed by atoms with van der Waals surface area (Å²) in [6.07, 6.45) is 0.961. The summed E-state index contributed by atoms with van der Waals surface area (Å²) in [5.74, 6) is 2.08. The molecule has 3 atom stereocenters. The average molecular weight is 258 g/mol. The van der Waals surface area contributed by atoms with E-state index in [4.69, 9.17) is 5.73 Å². The molecular formula is C13H26N2OS. The van der Waals surface area contributed by atoms with E-state index in [1.807, 2.05) is 16.7 Å². The molecule has 0 aromatic rings. The fourth-order valence-electron chi connectivity index (χ4n) is 1.99. The SMILES string of the molecule is CCC(C)C(N)C(=O)N1CCSC(C(C)C)C1. The Bertz CT molecular complexity index is 258. The van der Waals surface area contributed by atoms with E-state index < -0.39 is 0 Å². The number of hydrogen-bond donors (Lipinski definition) is 1. The van der Waals surface area contributed by atoms with Crippen molar-refractivity contribution in [1.82, 2.24) is 4.90 Å². The highest BCUT2D eigenvalue weighted by Gasteiger charge is 2.30. The molecule has 0 bridgehead atoms. The van der Waals surface area contributed by atoms with Gasteiger partial charge < -0.3 is 10.6 Å². The highest BCUT2D eigenvalue weighted by Crippen LogP contribution is 2.25. The number of carbonyl (C=O) groups excluding carboxylic acids is 1. The molecule has 1 amide bonds. The monoisotopic (exact) mass is 258 g/mol. The van der Waals surface area contributed by atoms with Crippen LogP contribution in [0, 0.1) is 11.8 Å². The van der Waals surface area contributed by atoms with Crippen molar-refractivity contribution in [3.8, 4) is 0 Å². The van der Waals surface area contributed by atoms with Crippen molar-refractivity contribution < 1.29 is 4.79 Å². The van der Waals surface area contributed by atoms with Gasteiger partial charge >= 0.3 is 0 Å². The minimum absolute atomic E-state index is 0.144. The molecule has 3 nitrogen and oxygen atoms in total. The lowest BCUT2D eigenvalue weighted by Gasteiger charge is -2.36. The van der Waals surface area contributed by atoms with Crippen LogP contribution in [-0.4, -0.2) is 40.9 Å². The molecular weight excluding hydrogens is 232 g/mol. The Morgan fingerprint density at radius 2 is 2.12 bits per heavy atom. The molecule has 0 aromatic carbocycles. The van der Waals surface area contributed by atoms with Crippen LogP contribution in [0.1, 0.15) is 34.1 Å². The Kier molecular flexibility index (Phi) is 5.80. The van der Waals surface area contributed by atoms with Crippen molar-refractivity contribution in [3.05, 3.63) is 0 Å². The van der Waals surface area contributed by atoms with Crippen LogP contribution in [0.15, 0.2) is 0 Å². The van der Waals surface area contributed by atoms with Crippen molar-refractivity contribution in [2.45, 2.75) is 45.4 Å². The standard InChI is InChI=1S/C13H26N2OS/c1-5-10(4)12(14)13(16)15-6-7-17-11(8-15)9(2)3/h9-12H,5-8,14H2,1-4H3. The van der Waals surface area contributed by atoms with Gasteiger partial charge in [-0.3, -0.25) is 4.79 Å². The van der Waals surface area contributed by atoms with Crippen LogP contribution in [-0.2, 0) is 4.79 Å². The number of thioether (sulfide) groups is 1. The highest BCUT2D eigenvalue weighted by molar-refractivity contribution is 8.00. The summed E-state index contributed by atoms with van der Waals surface area (Å²) in [5.41, 5.74) is 6.03. The molecule has 0 aromatic heterocycles. The van der Waals surface area contributed by atoms with Gasteiger partial charge in [0.05, 0.1) is 6.04 Å². The van der Waals surface area contributed by atoms with Crippen LogP contribution < -0.4 is 5.73 Å². The van der Waals surface area contributed by atoms with Crippen molar-refractivity contribution in [2.75, 3.05) is 18.8 Å². The van der Waals surface area contributed by atoms with Gasteiger partial charge in [-0.05, 0) is 11.8 Å². The summed E-state index contributed by atoms with van der Waals surface area (Å²) >= 11 is 1.98. The number of amides is 1. The summed E-state index contributed by atoms with van der Waals surface area (Å²) < 4.78 is 0. The van der Waals surface area contributed by atoms with Crippen molar-refractivity contribution in [2.24, 2.45) is 17.6 Å². The van der Waals surface area contributed by atoms with Crippen molar-refractivity contribution >= 4 is 17.7 Å². The first-order chi connectivity index (χ1) is 7.97. The van der Waals surface area contributed by atoms with Gasteiger partial charge in [0.1, 0.15) is 0 Å². The molecule has 1 saturated heterocycles. The maximum atomic E-state index is 12.3. The fourth-order valence-corrected chi connectivity index (χ4v) is 3.29. The third-order valence-electron chi connectivity index (χ3n) is 3.69. The predicted octanol–water partition coefficient (Wildman–Crippen LogP) is 1.96. The van der Waals surface area contributed by atoms with E-state index >= 15 is 0 Å². The smallest absolute Gasteiger partial charge is 0.239 e. The summed E-state index contributed by atoms with van der Waals surface area (Å²) in [4.78, 5) is 14.2. The molecule has 1 rings (SSSR count). The van der Waals surface area contributed by atoms with E-state index in [9.17, 15) is 4.79 Å². The summed E-state index contributed by atoms with van der Waals surface area (Å²) in [6.45, 7) is 10.3. The zero-order valence-corrected chi connectivity index (χ0v) is 12.3. The van der Waals surface area contributed by atoms with E-state index in [1.54, 1.807) is 0 Å². The number of nitrogens with zero attached hydrogens (tertiary/aromatic N) is 1. The van der Waals surface area contributed by atoms with Crippen LogP contribution in [0.3, 0.4) is 0 Å². The lowest BCUT2D eigenvalue weighted by Crippen LogP contribution is -2.52. The maximum Gasteiger partial charge on any atom is 0.239 e. The molecule has 4 heteroatoms. The minimum Gasteiger partial charge on any atom is -0.339 e. The van der Waals surface area contributed by atoms with Gasteiger partial charge in [0.15, 0.2) is 0 Å². The van der Waals surface area contributed by atoms with Crippen LogP contribution in [0.25, 0.3) is 0 Å². The van der Waals surface area contributed by atoms with Gasteiger partial charge in [0.2, 0.25) is 5.91 Å². The molecule has 17 heavy (non-hydrogen) atoms. The molecule has 0 aliphatic carbocycles. The second-order valence-corrected chi connectivity index (χ2v) is 6.70. The first-order valence-corrected chi connectivity index (χ1v) is 7.68. The average Bonchev–Trinajstić information content (AvgIpc) is 2.36. The van der Waals surface area contributed by atoms with E-state index in [0.717, 1.165) is 25.3 Å². The summed E-state index contributed by atoms with van der Waals surface area (Å²) in [7, 11) is 0. The van der Waals surface area contributed by atoms with Gasteiger partial charge in [-0.25, -0.2) is 0 Å². The number of carbonyl (C=O) groups is 1. The number of hydrogen-bond acceptors (Lipinski definition) is 3. The van der Waals surface area contributed by atoms with Crippen LogP contribution >= 0.6 is 11.8 Å². The number of nitrogens with two attached hydrogens (primary N) is 1. The van der Waals surface area contributed by atoms with Crippen molar-refractivity contribution in [1.29, 1.82) is 0 Å². The Labute approximate surface area is 109 Å². The Morgan fingerprint density at radius 3 is 2.65 bits per heavy atom. The second kappa shape index (κ2) is 6.64. The molecule has 2 N–H and O–H groups in total. The Morgan fingerprint density at radius 1 is 1.47 bits per heavy atom. The highest BCUT2D eigenvalue weighted by atomic mass is 32.2. The molecule has 1 aliphatic heterocycles. The Balaban J connectivity index is 2.57. The van der Waals surface area contributed by atoms with Gasteiger partial charge in [0, 0.05) is 24.1 Å². The second-order valence-electron chi connectivity index (χ2n) is 5.35. The Hall–Kier alpha value is -0.220. The van der Waals surface area contributed by atoms with Gasteiger partial charge in [-0.15, -0.1) is 0 Å². The van der Waals surface area contributed by atoms with Crippen LogP contribution in [0.2, 0.25) is 0 Å². The van der Waals surface area contributed by atoms with E-state index in [0.29, 0.717) is 11.2 Å². The van der Waals surface area contributed by atoms with E-state index in [2.05, 4.69) is 27.7 Å². The molecule has 1 fully saturated rings. The van der Waals surface area contributed by atoms with E-state index in [-0.39, 0.29) is 17.9 Å². The van der Waals surface area contributed by atoms with E-state index in [1.165, 1.54) is 0 Å². The number of rotatable bonds is 4. The third kappa shape index (κ3) is 3.88. The normalized spacial score (nSPS) is 24.8. The zero-order valence-electron chi connectivity index (χ0n) is 11.5. The zero-order chi connectivity index (χ0) is 13.0. The van der Waals surface area contributed by atoms with Gasteiger partial charge in [0.25, 0.3) is 0 Å².